The molecule has 0 saturated carbocycles. The molecule has 0 spiro atoms. The number of piperazine rings is 1. The first-order valence-electron chi connectivity index (χ1n) is 4.36. The standard InChI is InChI=1S/C8H15N3O2/c1-6(12)11-4-3-10-5-7(11)8(13)9-2/h7,10H,3-5H2,1-2H3,(H,9,13). The molecule has 5 nitrogen and oxygen atoms in total. The van der Waals surface area contributed by atoms with Gasteiger partial charge in [-0.15, -0.1) is 0 Å². The second kappa shape index (κ2) is 4.23. The van der Waals surface area contributed by atoms with E-state index in [9.17, 15) is 9.59 Å². The maximum absolute atomic E-state index is 11.3. The minimum absolute atomic E-state index is 0.0462. The molecule has 5 heteroatoms. The Balaban J connectivity index is 2.67. The SMILES string of the molecule is CNC(=O)C1CNCCN1C(C)=O. The Morgan fingerprint density at radius 3 is 2.77 bits per heavy atom. The lowest BCUT2D eigenvalue weighted by molar-refractivity contribution is -0.139. The monoisotopic (exact) mass is 185 g/mol. The molecule has 2 amide bonds. The van der Waals surface area contributed by atoms with Gasteiger partial charge in [0.15, 0.2) is 0 Å². The Hall–Kier alpha value is -1.10. The number of amides is 2. The molecule has 1 rings (SSSR count). The summed E-state index contributed by atoms with van der Waals surface area (Å²) in [5, 5.41) is 5.63. The number of carbonyl (C=O) groups is 2. The molecule has 1 fully saturated rings. The zero-order valence-electron chi connectivity index (χ0n) is 7.96. The van der Waals surface area contributed by atoms with Gasteiger partial charge < -0.3 is 15.5 Å². The molecule has 0 bridgehead atoms. The lowest BCUT2D eigenvalue weighted by Crippen LogP contribution is -2.58. The fourth-order valence-corrected chi connectivity index (χ4v) is 1.48. The second-order valence-corrected chi connectivity index (χ2v) is 3.05. The van der Waals surface area contributed by atoms with Crippen LogP contribution in [0.25, 0.3) is 0 Å². The maximum atomic E-state index is 11.3. The molecule has 0 aromatic rings. The highest BCUT2D eigenvalue weighted by Crippen LogP contribution is 2.03. The topological polar surface area (TPSA) is 61.4 Å². The van der Waals surface area contributed by atoms with Crippen LogP contribution in [0.2, 0.25) is 0 Å². The predicted octanol–water partition coefficient (Wildman–Crippen LogP) is -1.45. The number of likely N-dealkylation sites (N-methyl/N-ethyl adjacent to an activating group) is 1. The van der Waals surface area contributed by atoms with Crippen molar-refractivity contribution in [3.05, 3.63) is 0 Å². The molecule has 0 aromatic heterocycles. The average Bonchev–Trinajstić information content (AvgIpc) is 2.16. The largest absolute Gasteiger partial charge is 0.357 e. The van der Waals surface area contributed by atoms with Crippen molar-refractivity contribution in [3.8, 4) is 0 Å². The summed E-state index contributed by atoms with van der Waals surface area (Å²) in [6.45, 7) is 3.39. The number of nitrogens with one attached hydrogen (secondary N) is 2. The van der Waals surface area contributed by atoms with Crippen LogP contribution in [0.3, 0.4) is 0 Å². The fourth-order valence-electron chi connectivity index (χ4n) is 1.48. The van der Waals surface area contributed by atoms with E-state index in [0.29, 0.717) is 13.1 Å². The Morgan fingerprint density at radius 1 is 1.54 bits per heavy atom. The summed E-state index contributed by atoms with van der Waals surface area (Å²) in [6, 6.07) is -0.351. The van der Waals surface area contributed by atoms with Gasteiger partial charge in [0.2, 0.25) is 11.8 Å². The summed E-state index contributed by atoms with van der Waals surface area (Å²) >= 11 is 0. The summed E-state index contributed by atoms with van der Waals surface area (Å²) in [4.78, 5) is 24.1. The van der Waals surface area contributed by atoms with E-state index in [0.717, 1.165) is 6.54 Å². The molecule has 0 aromatic carbocycles. The second-order valence-electron chi connectivity index (χ2n) is 3.05. The van der Waals surface area contributed by atoms with Crippen LogP contribution in [0.15, 0.2) is 0 Å². The summed E-state index contributed by atoms with van der Waals surface area (Å²) in [5.41, 5.74) is 0. The highest BCUT2D eigenvalue weighted by Gasteiger charge is 2.29. The van der Waals surface area contributed by atoms with Gasteiger partial charge >= 0.3 is 0 Å². The van der Waals surface area contributed by atoms with Crippen molar-refractivity contribution in [2.75, 3.05) is 26.7 Å². The van der Waals surface area contributed by atoms with Crippen molar-refractivity contribution < 1.29 is 9.59 Å². The molecule has 1 aliphatic rings. The van der Waals surface area contributed by atoms with Crippen molar-refractivity contribution in [2.24, 2.45) is 0 Å². The van der Waals surface area contributed by atoms with Gasteiger partial charge in [-0.2, -0.15) is 0 Å². The van der Waals surface area contributed by atoms with Gasteiger partial charge in [-0.3, -0.25) is 9.59 Å². The van der Waals surface area contributed by atoms with Crippen LogP contribution in [-0.4, -0.2) is 49.4 Å². The van der Waals surface area contributed by atoms with Crippen LogP contribution in [0.4, 0.5) is 0 Å². The van der Waals surface area contributed by atoms with Crippen molar-refractivity contribution in [3.63, 3.8) is 0 Å². The summed E-state index contributed by atoms with van der Waals surface area (Å²) < 4.78 is 0. The first kappa shape index (κ1) is 9.98. The predicted molar refractivity (Wildman–Crippen MR) is 48.1 cm³/mol. The molecular weight excluding hydrogens is 170 g/mol. The number of hydrogen-bond donors (Lipinski definition) is 2. The number of rotatable bonds is 1. The lowest BCUT2D eigenvalue weighted by atomic mass is 10.2. The molecule has 0 aliphatic carbocycles. The molecule has 0 radical (unpaired) electrons. The first-order chi connectivity index (χ1) is 6.16. The number of hydrogen-bond acceptors (Lipinski definition) is 3. The molecule has 1 heterocycles. The quantitative estimate of drug-likeness (QED) is 0.525. The van der Waals surface area contributed by atoms with Crippen LogP contribution < -0.4 is 10.6 Å². The van der Waals surface area contributed by atoms with Crippen molar-refractivity contribution >= 4 is 11.8 Å². The molecule has 1 unspecified atom stereocenters. The number of carbonyl (C=O) groups excluding carboxylic acids is 2. The molecule has 2 N–H and O–H groups in total. The van der Waals surface area contributed by atoms with Gasteiger partial charge in [0, 0.05) is 33.6 Å². The fraction of sp³-hybridized carbons (Fsp3) is 0.750. The van der Waals surface area contributed by atoms with E-state index >= 15 is 0 Å². The van der Waals surface area contributed by atoms with Crippen LogP contribution in [-0.2, 0) is 9.59 Å². The third-order valence-corrected chi connectivity index (χ3v) is 2.20. The summed E-state index contributed by atoms with van der Waals surface area (Å²) in [5.74, 6) is -0.155. The molecule has 74 valence electrons. The third kappa shape index (κ3) is 2.18. The van der Waals surface area contributed by atoms with E-state index in [1.54, 1.807) is 11.9 Å². The zero-order valence-corrected chi connectivity index (χ0v) is 7.96. The van der Waals surface area contributed by atoms with Gasteiger partial charge in [0.05, 0.1) is 0 Å². The van der Waals surface area contributed by atoms with Crippen LogP contribution in [0.5, 0.6) is 0 Å². The Morgan fingerprint density at radius 2 is 2.23 bits per heavy atom. The van der Waals surface area contributed by atoms with E-state index < -0.39 is 0 Å². The third-order valence-electron chi connectivity index (χ3n) is 2.20. The van der Waals surface area contributed by atoms with Crippen molar-refractivity contribution in [1.82, 2.24) is 15.5 Å². The van der Waals surface area contributed by atoms with E-state index in [1.165, 1.54) is 6.92 Å². The van der Waals surface area contributed by atoms with Gasteiger partial charge in [-0.05, 0) is 0 Å². The van der Waals surface area contributed by atoms with Gasteiger partial charge in [-0.1, -0.05) is 0 Å². The first-order valence-corrected chi connectivity index (χ1v) is 4.36. The molecule has 13 heavy (non-hydrogen) atoms. The van der Waals surface area contributed by atoms with E-state index in [1.807, 2.05) is 0 Å². The Bertz CT molecular complexity index is 217. The molecule has 1 aliphatic heterocycles. The van der Waals surface area contributed by atoms with E-state index in [4.69, 9.17) is 0 Å². The lowest BCUT2D eigenvalue weighted by Gasteiger charge is -2.34. The average molecular weight is 185 g/mol. The minimum atomic E-state index is -0.351. The minimum Gasteiger partial charge on any atom is -0.357 e. The van der Waals surface area contributed by atoms with E-state index in [-0.39, 0.29) is 17.9 Å². The molecular formula is C8H15N3O2. The summed E-state index contributed by atoms with van der Waals surface area (Å²) in [6.07, 6.45) is 0. The number of nitrogens with zero attached hydrogens (tertiary/aromatic N) is 1. The highest BCUT2D eigenvalue weighted by molar-refractivity contribution is 5.87. The van der Waals surface area contributed by atoms with Crippen LogP contribution >= 0.6 is 0 Å². The maximum Gasteiger partial charge on any atom is 0.243 e. The molecule has 1 saturated heterocycles. The van der Waals surface area contributed by atoms with Gasteiger partial charge in [-0.25, -0.2) is 0 Å². The zero-order chi connectivity index (χ0) is 9.84. The highest BCUT2D eigenvalue weighted by atomic mass is 16.2. The smallest absolute Gasteiger partial charge is 0.243 e. The summed E-state index contributed by atoms with van der Waals surface area (Å²) in [7, 11) is 1.58. The van der Waals surface area contributed by atoms with Crippen molar-refractivity contribution in [1.29, 1.82) is 0 Å². The van der Waals surface area contributed by atoms with Crippen LogP contribution in [0.1, 0.15) is 6.92 Å². The van der Waals surface area contributed by atoms with E-state index in [2.05, 4.69) is 10.6 Å². The van der Waals surface area contributed by atoms with Gasteiger partial charge in [0.1, 0.15) is 6.04 Å². The Kier molecular flexibility index (Phi) is 3.25. The normalized spacial score (nSPS) is 22.6. The van der Waals surface area contributed by atoms with Crippen molar-refractivity contribution in [2.45, 2.75) is 13.0 Å². The Labute approximate surface area is 77.5 Å². The van der Waals surface area contributed by atoms with Crippen LogP contribution in [0, 0.1) is 0 Å². The van der Waals surface area contributed by atoms with Gasteiger partial charge in [0.25, 0.3) is 0 Å². The molecule has 1 atom stereocenters.